The number of nitrogens with two attached hydrogens (primary N) is 1. The molecule has 2 N–H and O–H groups in total. The minimum absolute atomic E-state index is 0.0818. The van der Waals surface area contributed by atoms with Crippen LogP contribution < -0.4 is 10.6 Å². The highest BCUT2D eigenvalue weighted by atomic mass is 16.5. The zero-order valence-electron chi connectivity index (χ0n) is 11.4. The fraction of sp³-hybridized carbons (Fsp3) is 0.600. The van der Waals surface area contributed by atoms with E-state index in [4.69, 9.17) is 10.5 Å². The van der Waals surface area contributed by atoms with Crippen molar-refractivity contribution in [1.29, 1.82) is 0 Å². The molecule has 0 aromatic heterocycles. The van der Waals surface area contributed by atoms with Crippen molar-refractivity contribution in [3.05, 3.63) is 29.8 Å². The summed E-state index contributed by atoms with van der Waals surface area (Å²) in [4.78, 5) is 2.34. The normalized spacial score (nSPS) is 18.6. The van der Waals surface area contributed by atoms with Crippen LogP contribution in [0.1, 0.15) is 31.4 Å². The van der Waals surface area contributed by atoms with Crippen molar-refractivity contribution in [1.82, 2.24) is 0 Å². The number of nitrogens with zero attached hydrogens (tertiary/aromatic N) is 1. The minimum Gasteiger partial charge on any atom is -0.381 e. The molecule has 1 aliphatic rings. The number of hydrogen-bond donors (Lipinski definition) is 1. The molecule has 0 aliphatic carbocycles. The Morgan fingerprint density at radius 1 is 1.33 bits per heavy atom. The number of rotatable bonds is 4. The molecule has 0 radical (unpaired) electrons. The van der Waals surface area contributed by atoms with Gasteiger partial charge >= 0.3 is 0 Å². The summed E-state index contributed by atoms with van der Waals surface area (Å²) in [5, 5.41) is 0. The molecular weight excluding hydrogens is 224 g/mol. The van der Waals surface area contributed by atoms with Crippen LogP contribution in [-0.2, 0) is 4.74 Å². The first-order chi connectivity index (χ1) is 8.68. The topological polar surface area (TPSA) is 38.5 Å². The van der Waals surface area contributed by atoms with Gasteiger partial charge in [0.25, 0.3) is 0 Å². The molecule has 1 saturated heterocycles. The van der Waals surface area contributed by atoms with E-state index in [2.05, 4.69) is 36.2 Å². The molecule has 0 unspecified atom stereocenters. The zero-order valence-corrected chi connectivity index (χ0v) is 11.4. The summed E-state index contributed by atoms with van der Waals surface area (Å²) in [7, 11) is 2.16. The third kappa shape index (κ3) is 3.24. The van der Waals surface area contributed by atoms with E-state index in [1.165, 1.54) is 24.1 Å². The van der Waals surface area contributed by atoms with Crippen molar-refractivity contribution in [3.8, 4) is 0 Å². The van der Waals surface area contributed by atoms with Crippen LogP contribution in [0.4, 0.5) is 5.69 Å². The number of hydrogen-bond acceptors (Lipinski definition) is 3. The van der Waals surface area contributed by atoms with Crippen LogP contribution in [0.15, 0.2) is 24.3 Å². The summed E-state index contributed by atoms with van der Waals surface area (Å²) in [5.74, 6) is 0.741. The molecule has 100 valence electrons. The smallest absolute Gasteiger partial charge is 0.0469 e. The summed E-state index contributed by atoms with van der Waals surface area (Å²) in [6, 6.07) is 8.52. The first-order valence-corrected chi connectivity index (χ1v) is 6.82. The monoisotopic (exact) mass is 248 g/mol. The van der Waals surface area contributed by atoms with Crippen LogP contribution in [0.25, 0.3) is 0 Å². The van der Waals surface area contributed by atoms with E-state index in [1.54, 1.807) is 0 Å². The van der Waals surface area contributed by atoms with Gasteiger partial charge in [-0.1, -0.05) is 18.2 Å². The van der Waals surface area contributed by atoms with Crippen LogP contribution >= 0.6 is 0 Å². The molecule has 0 spiro atoms. The molecule has 1 aliphatic heterocycles. The Morgan fingerprint density at radius 2 is 2.00 bits per heavy atom. The molecule has 1 aromatic carbocycles. The lowest BCUT2D eigenvalue weighted by atomic mass is 9.98. The van der Waals surface area contributed by atoms with Crippen LogP contribution in [0, 0.1) is 5.92 Å². The third-order valence-electron chi connectivity index (χ3n) is 3.71. The predicted molar refractivity (Wildman–Crippen MR) is 75.9 cm³/mol. The van der Waals surface area contributed by atoms with Gasteiger partial charge in [0.15, 0.2) is 0 Å². The van der Waals surface area contributed by atoms with Crippen LogP contribution in [-0.4, -0.2) is 26.8 Å². The average Bonchev–Trinajstić information content (AvgIpc) is 2.40. The Bertz CT molecular complexity index is 373. The van der Waals surface area contributed by atoms with Gasteiger partial charge in [-0.05, 0) is 37.3 Å². The maximum Gasteiger partial charge on any atom is 0.0469 e. The van der Waals surface area contributed by atoms with E-state index < -0.39 is 0 Å². The molecule has 1 atom stereocenters. The van der Waals surface area contributed by atoms with Crippen LogP contribution in [0.2, 0.25) is 0 Å². The van der Waals surface area contributed by atoms with E-state index in [0.29, 0.717) is 0 Å². The maximum atomic E-state index is 6.04. The Labute approximate surface area is 110 Å². The molecule has 3 heteroatoms. The molecule has 2 rings (SSSR count). The third-order valence-corrected chi connectivity index (χ3v) is 3.71. The number of para-hydroxylation sites is 1. The fourth-order valence-electron chi connectivity index (χ4n) is 2.63. The SMILES string of the molecule is C[C@@H](N)c1ccccc1N(C)CC1CCOCC1. The zero-order chi connectivity index (χ0) is 13.0. The molecule has 1 heterocycles. The van der Waals surface area contributed by atoms with E-state index in [1.807, 2.05) is 6.92 Å². The molecule has 0 amide bonds. The average molecular weight is 248 g/mol. The second-order valence-corrected chi connectivity index (χ2v) is 5.28. The molecule has 1 fully saturated rings. The van der Waals surface area contributed by atoms with Gasteiger partial charge in [0.1, 0.15) is 0 Å². The standard InChI is InChI=1S/C15H24N2O/c1-12(16)14-5-3-4-6-15(14)17(2)11-13-7-9-18-10-8-13/h3-6,12-13H,7-11,16H2,1-2H3/t12-/m1/s1. The quantitative estimate of drug-likeness (QED) is 0.890. The van der Waals surface area contributed by atoms with Gasteiger partial charge < -0.3 is 15.4 Å². The van der Waals surface area contributed by atoms with Crippen molar-refractivity contribution in [3.63, 3.8) is 0 Å². The Morgan fingerprint density at radius 3 is 2.67 bits per heavy atom. The fourth-order valence-corrected chi connectivity index (χ4v) is 2.63. The summed E-state index contributed by atoms with van der Waals surface area (Å²) in [5.41, 5.74) is 8.53. The lowest BCUT2D eigenvalue weighted by Crippen LogP contribution is -2.30. The minimum atomic E-state index is 0.0818. The Balaban J connectivity index is 2.05. The van der Waals surface area contributed by atoms with Gasteiger partial charge in [0.2, 0.25) is 0 Å². The molecule has 18 heavy (non-hydrogen) atoms. The predicted octanol–water partition coefficient (Wildman–Crippen LogP) is 2.57. The van der Waals surface area contributed by atoms with Crippen molar-refractivity contribution >= 4 is 5.69 Å². The second kappa shape index (κ2) is 6.21. The summed E-state index contributed by atoms with van der Waals surface area (Å²) < 4.78 is 5.41. The highest BCUT2D eigenvalue weighted by Crippen LogP contribution is 2.26. The van der Waals surface area contributed by atoms with Crippen LogP contribution in [0.3, 0.4) is 0 Å². The summed E-state index contributed by atoms with van der Waals surface area (Å²) in [6.07, 6.45) is 2.34. The number of benzene rings is 1. The Kier molecular flexibility index (Phi) is 4.61. The van der Waals surface area contributed by atoms with E-state index >= 15 is 0 Å². The van der Waals surface area contributed by atoms with E-state index in [0.717, 1.165) is 25.7 Å². The van der Waals surface area contributed by atoms with Crippen LogP contribution in [0.5, 0.6) is 0 Å². The summed E-state index contributed by atoms with van der Waals surface area (Å²) in [6.45, 7) is 4.95. The molecule has 3 nitrogen and oxygen atoms in total. The number of ether oxygens (including phenoxy) is 1. The molecule has 1 aromatic rings. The second-order valence-electron chi connectivity index (χ2n) is 5.28. The largest absolute Gasteiger partial charge is 0.381 e. The molecule has 0 saturated carbocycles. The van der Waals surface area contributed by atoms with E-state index in [-0.39, 0.29) is 6.04 Å². The number of anilines is 1. The first kappa shape index (κ1) is 13.4. The van der Waals surface area contributed by atoms with Gasteiger partial charge in [0.05, 0.1) is 0 Å². The van der Waals surface area contributed by atoms with Gasteiger partial charge in [-0.2, -0.15) is 0 Å². The molecular formula is C15H24N2O. The highest BCUT2D eigenvalue weighted by molar-refractivity contribution is 5.54. The maximum absolute atomic E-state index is 6.04. The van der Waals surface area contributed by atoms with Crippen molar-refractivity contribution < 1.29 is 4.74 Å². The van der Waals surface area contributed by atoms with Gasteiger partial charge in [0, 0.05) is 38.5 Å². The summed E-state index contributed by atoms with van der Waals surface area (Å²) >= 11 is 0. The Hall–Kier alpha value is -1.06. The van der Waals surface area contributed by atoms with Crippen molar-refractivity contribution in [2.45, 2.75) is 25.8 Å². The first-order valence-electron chi connectivity index (χ1n) is 6.82. The van der Waals surface area contributed by atoms with Gasteiger partial charge in [-0.25, -0.2) is 0 Å². The van der Waals surface area contributed by atoms with Gasteiger partial charge in [-0.3, -0.25) is 0 Å². The highest BCUT2D eigenvalue weighted by Gasteiger charge is 2.17. The van der Waals surface area contributed by atoms with Gasteiger partial charge in [-0.15, -0.1) is 0 Å². The van der Waals surface area contributed by atoms with E-state index in [9.17, 15) is 0 Å². The lowest BCUT2D eigenvalue weighted by molar-refractivity contribution is 0.0685. The van der Waals surface area contributed by atoms with Crippen molar-refractivity contribution in [2.75, 3.05) is 31.7 Å². The molecule has 0 bridgehead atoms. The van der Waals surface area contributed by atoms with Crippen molar-refractivity contribution in [2.24, 2.45) is 11.7 Å². The lowest BCUT2D eigenvalue weighted by Gasteiger charge is -2.30.